The van der Waals surface area contributed by atoms with Gasteiger partial charge in [0.05, 0.1) is 2.74 Å². The summed E-state index contributed by atoms with van der Waals surface area (Å²) in [5.74, 6) is 1.69. The standard InChI is InChI=1S/C42H26O/c1-2-13-27(14-3-1)28-15-4-5-17-30(28)40-31-18-6-8-20-33(31)41(34-21-9-7-19-32(34)40)37-26-25-36-29-16-10-11-23-38(29)43-39-24-12-22-35(37)42(36)39/h1-26H/i18D,21D. The van der Waals surface area contributed by atoms with Crippen LogP contribution >= 0.6 is 0 Å². The molecule has 8 aromatic carbocycles. The van der Waals surface area contributed by atoms with Crippen LogP contribution in [-0.2, 0) is 0 Å². The highest BCUT2D eigenvalue weighted by Gasteiger charge is 2.24. The zero-order chi connectivity index (χ0) is 30.1. The molecular weight excluding hydrogens is 520 g/mol. The Labute approximate surface area is 253 Å². The summed E-state index contributed by atoms with van der Waals surface area (Å²) in [5, 5.41) is 5.83. The summed E-state index contributed by atoms with van der Waals surface area (Å²) in [6, 6.07) is 50.5. The zero-order valence-electron chi connectivity index (χ0n) is 25.3. The van der Waals surface area contributed by atoms with Crippen molar-refractivity contribution in [1.29, 1.82) is 0 Å². The molecule has 8 aromatic rings. The summed E-state index contributed by atoms with van der Waals surface area (Å²) in [5.41, 5.74) is 8.48. The van der Waals surface area contributed by atoms with Crippen LogP contribution < -0.4 is 4.74 Å². The van der Waals surface area contributed by atoms with Crippen LogP contribution in [0.4, 0.5) is 0 Å². The topological polar surface area (TPSA) is 9.23 Å². The third kappa shape index (κ3) is 3.58. The van der Waals surface area contributed by atoms with Crippen LogP contribution in [0.25, 0.3) is 76.8 Å². The maximum atomic E-state index is 9.32. The average molecular weight is 549 g/mol. The van der Waals surface area contributed by atoms with Gasteiger partial charge < -0.3 is 4.74 Å². The van der Waals surface area contributed by atoms with Gasteiger partial charge in [0, 0.05) is 10.9 Å². The number of hydrogen-bond donors (Lipinski definition) is 0. The van der Waals surface area contributed by atoms with Gasteiger partial charge in [-0.2, -0.15) is 0 Å². The van der Waals surface area contributed by atoms with E-state index in [1.54, 1.807) is 0 Å². The van der Waals surface area contributed by atoms with Crippen molar-refractivity contribution < 1.29 is 7.48 Å². The smallest absolute Gasteiger partial charge is 0.135 e. The highest BCUT2D eigenvalue weighted by atomic mass is 16.5. The minimum absolute atomic E-state index is 0.459. The van der Waals surface area contributed by atoms with Gasteiger partial charge in [0.15, 0.2) is 0 Å². The van der Waals surface area contributed by atoms with E-state index in [4.69, 9.17) is 4.74 Å². The Morgan fingerprint density at radius 1 is 0.349 bits per heavy atom. The van der Waals surface area contributed by atoms with Gasteiger partial charge in [-0.1, -0.05) is 146 Å². The molecule has 0 bridgehead atoms. The molecule has 9 rings (SSSR count). The number of hydrogen-bond acceptors (Lipinski definition) is 1. The van der Waals surface area contributed by atoms with Gasteiger partial charge in [0.2, 0.25) is 0 Å². The molecule has 0 radical (unpaired) electrons. The lowest BCUT2D eigenvalue weighted by atomic mass is 9.82. The second kappa shape index (κ2) is 9.44. The van der Waals surface area contributed by atoms with E-state index in [0.717, 1.165) is 88.3 Å². The molecular formula is C42H26O. The quantitative estimate of drug-likeness (QED) is 0.200. The third-order valence-corrected chi connectivity index (χ3v) is 8.70. The molecule has 0 aliphatic carbocycles. The maximum Gasteiger partial charge on any atom is 0.135 e. The van der Waals surface area contributed by atoms with E-state index in [1.807, 2.05) is 60.7 Å². The SMILES string of the molecule is [2H]c1cccc2c(-c3ccc4c5c(cccc35)Oc3ccccc3-4)c3c([2H])cccc3c(-c3ccccc3-c3ccccc3)c12. The van der Waals surface area contributed by atoms with Crippen molar-refractivity contribution in [2.45, 2.75) is 0 Å². The Bertz CT molecular complexity index is 2480. The fraction of sp³-hybridized carbons (Fsp3) is 0. The van der Waals surface area contributed by atoms with Gasteiger partial charge >= 0.3 is 0 Å². The molecule has 0 saturated heterocycles. The van der Waals surface area contributed by atoms with Crippen molar-refractivity contribution >= 4 is 32.3 Å². The van der Waals surface area contributed by atoms with Crippen LogP contribution in [0.1, 0.15) is 2.74 Å². The van der Waals surface area contributed by atoms with Gasteiger partial charge in [0.1, 0.15) is 11.5 Å². The van der Waals surface area contributed by atoms with E-state index in [1.165, 1.54) is 0 Å². The first-order chi connectivity index (χ1) is 22.2. The Hall–Kier alpha value is -5.66. The first-order valence-electron chi connectivity index (χ1n) is 15.6. The first kappa shape index (κ1) is 22.0. The molecule has 1 aliphatic heterocycles. The molecule has 0 aromatic heterocycles. The predicted octanol–water partition coefficient (Wildman–Crippen LogP) is 11.9. The van der Waals surface area contributed by atoms with Crippen molar-refractivity contribution in [1.82, 2.24) is 0 Å². The van der Waals surface area contributed by atoms with Crippen LogP contribution in [0, 0.1) is 0 Å². The molecule has 0 unspecified atom stereocenters. The summed E-state index contributed by atoms with van der Waals surface area (Å²) in [7, 11) is 0. The van der Waals surface area contributed by atoms with Gasteiger partial charge in [-0.05, 0) is 78.0 Å². The molecule has 0 N–H and O–H groups in total. The average Bonchev–Trinajstić information content (AvgIpc) is 3.08. The molecule has 1 heterocycles. The molecule has 200 valence electrons. The van der Waals surface area contributed by atoms with Crippen molar-refractivity contribution in [3.63, 3.8) is 0 Å². The number of benzene rings is 8. The summed E-state index contributed by atoms with van der Waals surface area (Å²) < 4.78 is 25.0. The Morgan fingerprint density at radius 3 is 1.67 bits per heavy atom. The Morgan fingerprint density at radius 2 is 0.907 bits per heavy atom. The van der Waals surface area contributed by atoms with E-state index in [0.29, 0.717) is 12.1 Å². The lowest BCUT2D eigenvalue weighted by Crippen LogP contribution is -1.98. The minimum atomic E-state index is 0.459. The number of ether oxygens (including phenoxy) is 1. The van der Waals surface area contributed by atoms with Crippen molar-refractivity contribution in [2.75, 3.05) is 0 Å². The lowest BCUT2D eigenvalue weighted by molar-refractivity contribution is 0.487. The number of rotatable bonds is 3. The van der Waals surface area contributed by atoms with Crippen molar-refractivity contribution in [3.05, 3.63) is 158 Å². The van der Waals surface area contributed by atoms with Crippen LogP contribution in [0.15, 0.2) is 158 Å². The number of para-hydroxylation sites is 1. The molecule has 0 amide bonds. The van der Waals surface area contributed by atoms with E-state index in [2.05, 4.69) is 84.9 Å². The van der Waals surface area contributed by atoms with Crippen molar-refractivity contribution in [3.8, 4) is 56.0 Å². The summed E-state index contributed by atoms with van der Waals surface area (Å²) in [4.78, 5) is 0. The van der Waals surface area contributed by atoms with Gasteiger partial charge in [-0.25, -0.2) is 0 Å². The fourth-order valence-electron chi connectivity index (χ4n) is 6.90. The van der Waals surface area contributed by atoms with Crippen LogP contribution in [-0.4, -0.2) is 0 Å². The number of fused-ring (bicyclic) bond motifs is 4. The van der Waals surface area contributed by atoms with Crippen LogP contribution in [0.5, 0.6) is 11.5 Å². The largest absolute Gasteiger partial charge is 0.456 e. The van der Waals surface area contributed by atoms with Crippen LogP contribution in [0.2, 0.25) is 0 Å². The summed E-state index contributed by atoms with van der Waals surface area (Å²) >= 11 is 0. The molecule has 1 heteroatoms. The zero-order valence-corrected chi connectivity index (χ0v) is 23.3. The highest BCUT2D eigenvalue weighted by Crippen LogP contribution is 2.51. The normalized spacial score (nSPS) is 12.6. The van der Waals surface area contributed by atoms with Crippen molar-refractivity contribution in [2.24, 2.45) is 0 Å². The highest BCUT2D eigenvalue weighted by molar-refractivity contribution is 6.25. The Kier molecular flexibility index (Phi) is 4.83. The molecule has 1 aliphatic rings. The fourth-order valence-corrected chi connectivity index (χ4v) is 6.90. The van der Waals surface area contributed by atoms with E-state index >= 15 is 0 Å². The minimum Gasteiger partial charge on any atom is -0.456 e. The predicted molar refractivity (Wildman–Crippen MR) is 181 cm³/mol. The van der Waals surface area contributed by atoms with Gasteiger partial charge in [-0.3, -0.25) is 0 Å². The third-order valence-electron chi connectivity index (χ3n) is 8.70. The van der Waals surface area contributed by atoms with E-state index in [9.17, 15) is 2.74 Å². The molecule has 43 heavy (non-hydrogen) atoms. The second-order valence-electron chi connectivity index (χ2n) is 11.0. The first-order valence-corrected chi connectivity index (χ1v) is 14.6. The molecule has 0 fully saturated rings. The second-order valence-corrected chi connectivity index (χ2v) is 11.0. The molecule has 0 atom stereocenters. The molecule has 0 spiro atoms. The summed E-state index contributed by atoms with van der Waals surface area (Å²) in [6.45, 7) is 0. The summed E-state index contributed by atoms with van der Waals surface area (Å²) in [6.07, 6.45) is 0. The van der Waals surface area contributed by atoms with E-state index in [-0.39, 0.29) is 0 Å². The monoisotopic (exact) mass is 548 g/mol. The maximum absolute atomic E-state index is 9.32. The van der Waals surface area contributed by atoms with Crippen LogP contribution in [0.3, 0.4) is 0 Å². The van der Waals surface area contributed by atoms with Gasteiger partial charge in [-0.15, -0.1) is 0 Å². The lowest BCUT2D eigenvalue weighted by Gasteiger charge is -2.24. The molecule has 1 nitrogen and oxygen atoms in total. The Balaban J connectivity index is 1.44. The molecule has 0 saturated carbocycles. The van der Waals surface area contributed by atoms with E-state index < -0.39 is 0 Å². The van der Waals surface area contributed by atoms with Gasteiger partial charge in [0.25, 0.3) is 0 Å².